The molecule has 0 saturated heterocycles. The van der Waals surface area contributed by atoms with Gasteiger partial charge < -0.3 is 0 Å². The van der Waals surface area contributed by atoms with Crippen molar-refractivity contribution in [3.8, 4) is 0 Å². The van der Waals surface area contributed by atoms with Crippen LogP contribution in [0.2, 0.25) is 0 Å². The van der Waals surface area contributed by atoms with E-state index in [9.17, 15) is 4.79 Å². The highest BCUT2D eigenvalue weighted by molar-refractivity contribution is 5.81. The summed E-state index contributed by atoms with van der Waals surface area (Å²) in [5, 5.41) is 0. The maximum Gasteiger partial charge on any atom is 0.136 e. The first-order chi connectivity index (χ1) is 7.74. The van der Waals surface area contributed by atoms with Crippen LogP contribution in [-0.2, 0) is 4.79 Å². The molecule has 0 aromatic carbocycles. The lowest BCUT2D eigenvalue weighted by Crippen LogP contribution is -2.17. The minimum atomic E-state index is 0.458. The molecule has 0 spiro atoms. The number of Topliss-reactive ketones (excluding diaryl/α,β-unsaturated/α-hetero) is 1. The van der Waals surface area contributed by atoms with Gasteiger partial charge in [-0.15, -0.1) is 0 Å². The Hall–Kier alpha value is -0.330. The molecule has 3 unspecified atom stereocenters. The van der Waals surface area contributed by atoms with Crippen LogP contribution in [0.5, 0.6) is 0 Å². The van der Waals surface area contributed by atoms with Crippen LogP contribution in [0.25, 0.3) is 0 Å². The van der Waals surface area contributed by atoms with Crippen molar-refractivity contribution >= 4 is 5.78 Å². The van der Waals surface area contributed by atoms with Gasteiger partial charge in [-0.3, -0.25) is 4.79 Å². The lowest BCUT2D eigenvalue weighted by Gasteiger charge is -2.17. The van der Waals surface area contributed by atoms with Crippen LogP contribution in [0.3, 0.4) is 0 Å². The molecule has 0 N–H and O–H groups in total. The average Bonchev–Trinajstić information content (AvgIpc) is 2.91. The first-order valence-corrected chi connectivity index (χ1v) is 7.27. The van der Waals surface area contributed by atoms with Gasteiger partial charge in [0, 0.05) is 12.3 Å². The molecular formula is C15H26O. The minimum absolute atomic E-state index is 0.458. The summed E-state index contributed by atoms with van der Waals surface area (Å²) < 4.78 is 0. The van der Waals surface area contributed by atoms with Crippen LogP contribution in [0, 0.1) is 23.7 Å². The molecule has 0 radical (unpaired) electrons. The van der Waals surface area contributed by atoms with Crippen molar-refractivity contribution in [2.24, 2.45) is 23.7 Å². The summed E-state index contributed by atoms with van der Waals surface area (Å²) in [7, 11) is 0. The van der Waals surface area contributed by atoms with Gasteiger partial charge in [-0.05, 0) is 37.0 Å². The SMILES string of the molecule is CCCCC(CC)CC(=O)C1CC2CC2C1. The third-order valence-electron chi connectivity index (χ3n) is 4.73. The van der Waals surface area contributed by atoms with Crippen LogP contribution in [-0.4, -0.2) is 5.78 Å². The summed E-state index contributed by atoms with van der Waals surface area (Å²) in [6, 6.07) is 0. The molecule has 2 rings (SSSR count). The zero-order chi connectivity index (χ0) is 11.5. The molecule has 2 saturated carbocycles. The van der Waals surface area contributed by atoms with E-state index >= 15 is 0 Å². The Bertz CT molecular complexity index is 236. The molecule has 1 heteroatoms. The van der Waals surface area contributed by atoms with Crippen molar-refractivity contribution in [2.45, 2.75) is 65.2 Å². The maximum absolute atomic E-state index is 12.1. The lowest BCUT2D eigenvalue weighted by atomic mass is 9.87. The summed E-state index contributed by atoms with van der Waals surface area (Å²) in [6.45, 7) is 4.47. The molecule has 0 aromatic heterocycles. The lowest BCUT2D eigenvalue weighted by molar-refractivity contribution is -0.124. The van der Waals surface area contributed by atoms with Crippen molar-refractivity contribution < 1.29 is 4.79 Å². The molecule has 0 aromatic rings. The highest BCUT2D eigenvalue weighted by Crippen LogP contribution is 2.54. The molecule has 0 aliphatic heterocycles. The van der Waals surface area contributed by atoms with E-state index in [4.69, 9.17) is 0 Å². The third-order valence-corrected chi connectivity index (χ3v) is 4.73. The molecule has 2 aliphatic rings. The van der Waals surface area contributed by atoms with Crippen LogP contribution in [0.15, 0.2) is 0 Å². The third kappa shape index (κ3) is 2.87. The molecule has 0 heterocycles. The smallest absolute Gasteiger partial charge is 0.136 e. The number of unbranched alkanes of at least 4 members (excludes halogenated alkanes) is 1. The molecule has 92 valence electrons. The standard InChI is InChI=1S/C15H26O/c1-3-5-6-11(4-2)7-15(16)14-9-12-8-13(12)10-14/h11-14H,3-10H2,1-2H3. The first kappa shape index (κ1) is 12.1. The maximum atomic E-state index is 12.1. The minimum Gasteiger partial charge on any atom is -0.299 e. The Morgan fingerprint density at radius 1 is 1.19 bits per heavy atom. The van der Waals surface area contributed by atoms with E-state index in [1.165, 1.54) is 44.9 Å². The Morgan fingerprint density at radius 3 is 2.44 bits per heavy atom. The Balaban J connectivity index is 1.72. The second-order valence-electron chi connectivity index (χ2n) is 6.01. The van der Waals surface area contributed by atoms with Crippen LogP contribution >= 0.6 is 0 Å². The molecule has 16 heavy (non-hydrogen) atoms. The number of carbonyl (C=O) groups excluding carboxylic acids is 1. The van der Waals surface area contributed by atoms with Crippen LogP contribution in [0.4, 0.5) is 0 Å². The van der Waals surface area contributed by atoms with Gasteiger partial charge in [0.2, 0.25) is 0 Å². The summed E-state index contributed by atoms with van der Waals surface area (Å²) >= 11 is 0. The zero-order valence-corrected chi connectivity index (χ0v) is 10.9. The van der Waals surface area contributed by atoms with E-state index in [1.54, 1.807) is 0 Å². The van der Waals surface area contributed by atoms with Crippen molar-refractivity contribution in [3.05, 3.63) is 0 Å². The largest absolute Gasteiger partial charge is 0.299 e. The topological polar surface area (TPSA) is 17.1 Å². The van der Waals surface area contributed by atoms with E-state index in [0.717, 1.165) is 18.3 Å². The molecule has 2 fully saturated rings. The van der Waals surface area contributed by atoms with Gasteiger partial charge >= 0.3 is 0 Å². The first-order valence-electron chi connectivity index (χ1n) is 7.27. The van der Waals surface area contributed by atoms with Crippen molar-refractivity contribution in [3.63, 3.8) is 0 Å². The highest BCUT2D eigenvalue weighted by atomic mass is 16.1. The summed E-state index contributed by atoms with van der Waals surface area (Å²) in [5.74, 6) is 3.62. The highest BCUT2D eigenvalue weighted by Gasteiger charge is 2.47. The summed E-state index contributed by atoms with van der Waals surface area (Å²) in [5.41, 5.74) is 0. The fourth-order valence-electron chi connectivity index (χ4n) is 3.37. The predicted octanol–water partition coefficient (Wildman–Crippen LogP) is 4.21. The normalized spacial score (nSPS) is 33.5. The van der Waals surface area contributed by atoms with Crippen molar-refractivity contribution in [2.75, 3.05) is 0 Å². The Kier molecular flexibility index (Phi) is 4.05. The van der Waals surface area contributed by atoms with E-state index in [2.05, 4.69) is 13.8 Å². The number of hydrogen-bond donors (Lipinski definition) is 0. The van der Waals surface area contributed by atoms with Crippen LogP contribution in [0.1, 0.15) is 65.2 Å². The van der Waals surface area contributed by atoms with E-state index < -0.39 is 0 Å². The number of fused-ring (bicyclic) bond motifs is 1. The van der Waals surface area contributed by atoms with Gasteiger partial charge in [-0.1, -0.05) is 39.5 Å². The van der Waals surface area contributed by atoms with E-state index in [-0.39, 0.29) is 0 Å². The molecule has 3 atom stereocenters. The second-order valence-corrected chi connectivity index (χ2v) is 6.01. The number of ketones is 1. The molecule has 1 nitrogen and oxygen atoms in total. The van der Waals surface area contributed by atoms with E-state index in [1.807, 2.05) is 0 Å². The molecular weight excluding hydrogens is 196 g/mol. The zero-order valence-electron chi connectivity index (χ0n) is 10.9. The fourth-order valence-corrected chi connectivity index (χ4v) is 3.37. The van der Waals surface area contributed by atoms with Gasteiger partial charge in [0.05, 0.1) is 0 Å². The Labute approximate surface area is 100.0 Å². The number of rotatable bonds is 7. The van der Waals surface area contributed by atoms with Gasteiger partial charge in [-0.25, -0.2) is 0 Å². The van der Waals surface area contributed by atoms with Gasteiger partial charge in [0.1, 0.15) is 5.78 Å². The fraction of sp³-hybridized carbons (Fsp3) is 0.933. The van der Waals surface area contributed by atoms with Gasteiger partial charge in [0.15, 0.2) is 0 Å². The second kappa shape index (κ2) is 5.33. The van der Waals surface area contributed by atoms with Crippen molar-refractivity contribution in [1.82, 2.24) is 0 Å². The predicted molar refractivity (Wildman–Crippen MR) is 67.3 cm³/mol. The molecule has 0 bridgehead atoms. The van der Waals surface area contributed by atoms with Crippen LogP contribution < -0.4 is 0 Å². The number of carbonyl (C=O) groups is 1. The monoisotopic (exact) mass is 222 g/mol. The Morgan fingerprint density at radius 2 is 1.88 bits per heavy atom. The summed E-state index contributed by atoms with van der Waals surface area (Å²) in [6.07, 6.45) is 9.77. The summed E-state index contributed by atoms with van der Waals surface area (Å²) in [4.78, 5) is 12.1. The van der Waals surface area contributed by atoms with E-state index in [0.29, 0.717) is 17.6 Å². The molecule has 0 amide bonds. The average molecular weight is 222 g/mol. The quantitative estimate of drug-likeness (QED) is 0.630. The van der Waals surface area contributed by atoms with Crippen molar-refractivity contribution in [1.29, 1.82) is 0 Å². The van der Waals surface area contributed by atoms with Gasteiger partial charge in [0.25, 0.3) is 0 Å². The van der Waals surface area contributed by atoms with Gasteiger partial charge in [-0.2, -0.15) is 0 Å². The number of hydrogen-bond acceptors (Lipinski definition) is 1. The molecule has 2 aliphatic carbocycles.